The minimum Gasteiger partial charge on any atom is -0.465 e. The molecule has 2 aromatic rings. The Balaban J connectivity index is 1.79. The second-order valence-electron chi connectivity index (χ2n) is 6.65. The molecule has 0 saturated carbocycles. The highest BCUT2D eigenvalue weighted by Crippen LogP contribution is 2.29. The topological polar surface area (TPSA) is 75.7 Å². The Labute approximate surface area is 158 Å². The monoisotopic (exact) mass is 366 g/mol. The molecule has 1 aliphatic heterocycles. The van der Waals surface area contributed by atoms with Gasteiger partial charge in [-0.3, -0.25) is 9.59 Å². The van der Waals surface area contributed by atoms with E-state index in [1.54, 1.807) is 24.3 Å². The van der Waals surface area contributed by atoms with Gasteiger partial charge in [-0.2, -0.15) is 0 Å². The average Bonchev–Trinajstić information content (AvgIpc) is 3.06. The zero-order chi connectivity index (χ0) is 19.6. The maximum absolute atomic E-state index is 12.7. The Morgan fingerprint density at radius 3 is 2.59 bits per heavy atom. The van der Waals surface area contributed by atoms with Gasteiger partial charge in [0.05, 0.1) is 24.3 Å². The van der Waals surface area contributed by atoms with Crippen molar-refractivity contribution in [3.8, 4) is 0 Å². The lowest BCUT2D eigenvalue weighted by atomic mass is 10.1. The van der Waals surface area contributed by atoms with Crippen molar-refractivity contribution in [2.45, 2.75) is 20.3 Å². The van der Waals surface area contributed by atoms with Crippen LogP contribution in [0.25, 0.3) is 0 Å². The molecular formula is C21H22N2O4. The molecule has 140 valence electrons. The number of ether oxygens (including phenoxy) is 1. The van der Waals surface area contributed by atoms with Crippen LogP contribution in [0, 0.1) is 19.8 Å². The van der Waals surface area contributed by atoms with Crippen molar-refractivity contribution in [2.24, 2.45) is 5.92 Å². The van der Waals surface area contributed by atoms with Crippen molar-refractivity contribution in [3.05, 3.63) is 59.2 Å². The molecular weight excluding hydrogens is 344 g/mol. The highest BCUT2D eigenvalue weighted by atomic mass is 16.5. The van der Waals surface area contributed by atoms with Crippen LogP contribution < -0.4 is 10.2 Å². The maximum atomic E-state index is 12.7. The third-order valence-electron chi connectivity index (χ3n) is 4.96. The number of rotatable bonds is 4. The molecule has 0 spiro atoms. The molecule has 0 bridgehead atoms. The number of hydrogen-bond acceptors (Lipinski definition) is 4. The number of esters is 1. The second-order valence-corrected chi connectivity index (χ2v) is 6.65. The van der Waals surface area contributed by atoms with Gasteiger partial charge in [0.15, 0.2) is 0 Å². The molecule has 1 unspecified atom stereocenters. The van der Waals surface area contributed by atoms with E-state index in [4.69, 9.17) is 4.74 Å². The van der Waals surface area contributed by atoms with Crippen molar-refractivity contribution in [3.63, 3.8) is 0 Å². The third kappa shape index (κ3) is 3.69. The minimum atomic E-state index is -0.512. The summed E-state index contributed by atoms with van der Waals surface area (Å²) < 4.78 is 4.79. The summed E-state index contributed by atoms with van der Waals surface area (Å²) in [5.41, 5.74) is 3.62. The molecule has 2 aromatic carbocycles. The SMILES string of the molecule is COC(=O)c1ccccc1N1CC(C(=O)Nc2cccc(C)c2C)CC1=O. The molecule has 3 rings (SSSR count). The smallest absolute Gasteiger partial charge is 0.339 e. The van der Waals surface area contributed by atoms with E-state index >= 15 is 0 Å². The number of anilines is 2. The Kier molecular flexibility index (Phi) is 5.26. The fourth-order valence-corrected chi connectivity index (χ4v) is 3.23. The number of nitrogens with zero attached hydrogens (tertiary/aromatic N) is 1. The summed E-state index contributed by atoms with van der Waals surface area (Å²) in [5, 5.41) is 2.92. The molecule has 6 nitrogen and oxygen atoms in total. The molecule has 27 heavy (non-hydrogen) atoms. The second kappa shape index (κ2) is 7.61. The first kappa shape index (κ1) is 18.6. The first-order valence-corrected chi connectivity index (χ1v) is 8.77. The average molecular weight is 366 g/mol. The van der Waals surface area contributed by atoms with Crippen molar-refractivity contribution >= 4 is 29.2 Å². The number of methoxy groups -OCH3 is 1. The zero-order valence-corrected chi connectivity index (χ0v) is 15.6. The lowest BCUT2D eigenvalue weighted by Gasteiger charge is -2.19. The molecule has 0 radical (unpaired) electrons. The van der Waals surface area contributed by atoms with Crippen molar-refractivity contribution in [1.29, 1.82) is 0 Å². The summed E-state index contributed by atoms with van der Waals surface area (Å²) in [6.07, 6.45) is 0.103. The largest absolute Gasteiger partial charge is 0.465 e. The van der Waals surface area contributed by atoms with Gasteiger partial charge >= 0.3 is 5.97 Å². The quantitative estimate of drug-likeness (QED) is 0.844. The van der Waals surface area contributed by atoms with Crippen LogP contribution in [0.2, 0.25) is 0 Å². The van der Waals surface area contributed by atoms with Crippen LogP contribution in [0.3, 0.4) is 0 Å². The van der Waals surface area contributed by atoms with Gasteiger partial charge in [0.2, 0.25) is 11.8 Å². The van der Waals surface area contributed by atoms with E-state index in [9.17, 15) is 14.4 Å². The van der Waals surface area contributed by atoms with Gasteiger partial charge in [-0.15, -0.1) is 0 Å². The van der Waals surface area contributed by atoms with Gasteiger partial charge in [0, 0.05) is 18.7 Å². The predicted octanol–water partition coefficient (Wildman–Crippen LogP) is 3.08. The van der Waals surface area contributed by atoms with Crippen molar-refractivity contribution in [1.82, 2.24) is 0 Å². The van der Waals surface area contributed by atoms with E-state index in [0.29, 0.717) is 11.3 Å². The fraction of sp³-hybridized carbons (Fsp3) is 0.286. The number of hydrogen-bond donors (Lipinski definition) is 1. The Hall–Kier alpha value is -3.15. The Bertz CT molecular complexity index is 907. The lowest BCUT2D eigenvalue weighted by molar-refractivity contribution is -0.122. The lowest BCUT2D eigenvalue weighted by Crippen LogP contribution is -2.29. The molecule has 2 amide bonds. The molecule has 1 atom stereocenters. The zero-order valence-electron chi connectivity index (χ0n) is 15.6. The molecule has 1 N–H and O–H groups in total. The van der Waals surface area contributed by atoms with Crippen LogP contribution in [0.15, 0.2) is 42.5 Å². The van der Waals surface area contributed by atoms with Crippen LogP contribution >= 0.6 is 0 Å². The number of para-hydroxylation sites is 1. The highest BCUT2D eigenvalue weighted by molar-refractivity contribution is 6.07. The van der Waals surface area contributed by atoms with E-state index in [0.717, 1.165) is 16.8 Å². The van der Waals surface area contributed by atoms with Crippen LogP contribution in [-0.4, -0.2) is 31.4 Å². The van der Waals surface area contributed by atoms with Gasteiger partial charge in [-0.1, -0.05) is 24.3 Å². The van der Waals surface area contributed by atoms with E-state index in [1.165, 1.54) is 12.0 Å². The van der Waals surface area contributed by atoms with Gasteiger partial charge in [0.25, 0.3) is 0 Å². The number of amides is 2. The number of benzene rings is 2. The highest BCUT2D eigenvalue weighted by Gasteiger charge is 2.36. The number of carbonyl (C=O) groups excluding carboxylic acids is 3. The van der Waals surface area contributed by atoms with Gasteiger partial charge in [-0.25, -0.2) is 4.79 Å². The molecule has 0 aromatic heterocycles. The van der Waals surface area contributed by atoms with Crippen LogP contribution in [-0.2, 0) is 14.3 Å². The first-order chi connectivity index (χ1) is 12.9. The minimum absolute atomic E-state index is 0.103. The summed E-state index contributed by atoms with van der Waals surface area (Å²) in [7, 11) is 1.30. The molecule has 1 saturated heterocycles. The number of aryl methyl sites for hydroxylation is 1. The van der Waals surface area contributed by atoms with Crippen molar-refractivity contribution in [2.75, 3.05) is 23.9 Å². The first-order valence-electron chi connectivity index (χ1n) is 8.77. The molecule has 0 aliphatic carbocycles. The summed E-state index contributed by atoms with van der Waals surface area (Å²) in [6, 6.07) is 12.5. The van der Waals surface area contributed by atoms with Gasteiger partial charge in [-0.05, 0) is 43.2 Å². The van der Waals surface area contributed by atoms with Crippen LogP contribution in [0.1, 0.15) is 27.9 Å². The summed E-state index contributed by atoms with van der Waals surface area (Å²) in [6.45, 7) is 4.16. The van der Waals surface area contributed by atoms with E-state index in [1.807, 2.05) is 32.0 Å². The molecule has 1 fully saturated rings. The number of nitrogens with one attached hydrogen (secondary N) is 1. The molecule has 6 heteroatoms. The summed E-state index contributed by atoms with van der Waals surface area (Å²) >= 11 is 0. The third-order valence-corrected chi connectivity index (χ3v) is 4.96. The normalized spacial score (nSPS) is 16.3. The van der Waals surface area contributed by atoms with Gasteiger partial charge in [0.1, 0.15) is 0 Å². The van der Waals surface area contributed by atoms with Crippen LogP contribution in [0.5, 0.6) is 0 Å². The van der Waals surface area contributed by atoms with E-state index in [2.05, 4.69) is 5.32 Å². The fourth-order valence-electron chi connectivity index (χ4n) is 3.23. The standard InChI is InChI=1S/C21H22N2O4/c1-13-7-6-9-17(14(13)2)22-20(25)15-11-19(24)23(12-15)18-10-5-4-8-16(18)21(26)27-3/h4-10,15H,11-12H2,1-3H3,(H,22,25). The summed E-state index contributed by atoms with van der Waals surface area (Å²) in [4.78, 5) is 38.7. The van der Waals surface area contributed by atoms with Gasteiger partial charge < -0.3 is 15.0 Å². The van der Waals surface area contributed by atoms with E-state index < -0.39 is 11.9 Å². The van der Waals surface area contributed by atoms with Crippen molar-refractivity contribution < 1.29 is 19.1 Å². The predicted molar refractivity (Wildman–Crippen MR) is 103 cm³/mol. The number of carbonyl (C=O) groups is 3. The Morgan fingerprint density at radius 2 is 1.85 bits per heavy atom. The maximum Gasteiger partial charge on any atom is 0.339 e. The molecule has 1 heterocycles. The summed E-state index contributed by atoms with van der Waals surface area (Å²) in [5.74, 6) is -1.38. The van der Waals surface area contributed by atoms with E-state index in [-0.39, 0.29) is 24.8 Å². The Morgan fingerprint density at radius 1 is 1.11 bits per heavy atom. The molecule has 1 aliphatic rings. The van der Waals surface area contributed by atoms with Crippen LogP contribution in [0.4, 0.5) is 11.4 Å².